The Morgan fingerprint density at radius 3 is 2.63 bits per heavy atom. The third-order valence-corrected chi connectivity index (χ3v) is 4.30. The van der Waals surface area contributed by atoms with Crippen LogP contribution in [0.15, 0.2) is 12.1 Å². The van der Waals surface area contributed by atoms with Crippen molar-refractivity contribution in [1.82, 2.24) is 0 Å². The van der Waals surface area contributed by atoms with Crippen LogP contribution in [-0.2, 0) is 6.42 Å². The van der Waals surface area contributed by atoms with Crippen LogP contribution in [-0.4, -0.2) is 6.61 Å². The van der Waals surface area contributed by atoms with E-state index in [4.69, 9.17) is 16.3 Å². The van der Waals surface area contributed by atoms with Crippen molar-refractivity contribution in [2.45, 2.75) is 58.8 Å². The SMILES string of the molecule is CC.C[C@H]1CCCc2c1ccc(Cl)c2OCC1CC1. The van der Waals surface area contributed by atoms with E-state index in [2.05, 4.69) is 13.0 Å². The van der Waals surface area contributed by atoms with E-state index in [1.807, 2.05) is 19.9 Å². The summed E-state index contributed by atoms with van der Waals surface area (Å²) < 4.78 is 5.98. The zero-order valence-electron chi connectivity index (χ0n) is 12.3. The first-order valence-corrected chi connectivity index (χ1v) is 8.07. The monoisotopic (exact) mass is 280 g/mol. The van der Waals surface area contributed by atoms with Crippen LogP contribution < -0.4 is 4.74 Å². The molecule has 1 aromatic carbocycles. The molecule has 2 heteroatoms. The second-order valence-electron chi connectivity index (χ2n) is 5.49. The lowest BCUT2D eigenvalue weighted by atomic mass is 9.83. The molecule has 0 bridgehead atoms. The highest BCUT2D eigenvalue weighted by atomic mass is 35.5. The van der Waals surface area contributed by atoms with Gasteiger partial charge in [-0.2, -0.15) is 0 Å². The molecule has 0 heterocycles. The third-order valence-electron chi connectivity index (χ3n) is 4.00. The summed E-state index contributed by atoms with van der Waals surface area (Å²) in [7, 11) is 0. The Morgan fingerprint density at radius 2 is 1.95 bits per heavy atom. The summed E-state index contributed by atoms with van der Waals surface area (Å²) in [4.78, 5) is 0. The highest BCUT2D eigenvalue weighted by molar-refractivity contribution is 6.32. The Hall–Kier alpha value is -0.690. The van der Waals surface area contributed by atoms with Crippen LogP contribution in [0, 0.1) is 5.92 Å². The lowest BCUT2D eigenvalue weighted by Crippen LogP contribution is -2.11. The van der Waals surface area contributed by atoms with Crippen molar-refractivity contribution in [1.29, 1.82) is 0 Å². The summed E-state index contributed by atoms with van der Waals surface area (Å²) in [5, 5.41) is 0.790. The minimum atomic E-state index is 0.652. The van der Waals surface area contributed by atoms with Crippen molar-refractivity contribution in [3.63, 3.8) is 0 Å². The second kappa shape index (κ2) is 6.65. The lowest BCUT2D eigenvalue weighted by Gasteiger charge is -2.25. The Labute approximate surface area is 122 Å². The first-order chi connectivity index (χ1) is 9.25. The molecule has 1 nitrogen and oxygen atoms in total. The molecule has 106 valence electrons. The number of fused-ring (bicyclic) bond motifs is 1. The molecule has 1 fully saturated rings. The molecule has 0 aromatic heterocycles. The topological polar surface area (TPSA) is 9.23 Å². The minimum Gasteiger partial charge on any atom is -0.491 e. The molecule has 0 aliphatic heterocycles. The van der Waals surface area contributed by atoms with Gasteiger partial charge in [-0.3, -0.25) is 0 Å². The first kappa shape index (κ1) is 14.7. The standard InChI is InChI=1S/C15H19ClO.C2H6/c1-10-3-2-4-13-12(10)7-8-14(16)15(13)17-9-11-5-6-11;1-2/h7-8,10-11H,2-6,9H2,1H3;1-2H3/t10-;/m0./s1. The first-order valence-electron chi connectivity index (χ1n) is 7.70. The Morgan fingerprint density at radius 1 is 1.21 bits per heavy atom. The zero-order chi connectivity index (χ0) is 13.8. The molecule has 2 aliphatic rings. The van der Waals surface area contributed by atoms with Crippen LogP contribution in [0.3, 0.4) is 0 Å². The van der Waals surface area contributed by atoms with Crippen molar-refractivity contribution < 1.29 is 4.74 Å². The summed E-state index contributed by atoms with van der Waals surface area (Å²) in [5.74, 6) is 2.41. The lowest BCUT2D eigenvalue weighted by molar-refractivity contribution is 0.295. The molecular weight excluding hydrogens is 256 g/mol. The van der Waals surface area contributed by atoms with E-state index in [9.17, 15) is 0 Å². The molecule has 1 saturated carbocycles. The van der Waals surface area contributed by atoms with Gasteiger partial charge >= 0.3 is 0 Å². The summed E-state index contributed by atoms with van der Waals surface area (Å²) in [6, 6.07) is 4.19. The molecule has 0 N–H and O–H groups in total. The summed E-state index contributed by atoms with van der Waals surface area (Å²) in [6.07, 6.45) is 6.32. The van der Waals surface area contributed by atoms with Crippen molar-refractivity contribution in [2.75, 3.05) is 6.61 Å². The normalized spacial score (nSPS) is 21.2. The van der Waals surface area contributed by atoms with E-state index < -0.39 is 0 Å². The van der Waals surface area contributed by atoms with Gasteiger partial charge in [0.2, 0.25) is 0 Å². The molecule has 0 unspecified atom stereocenters. The van der Waals surface area contributed by atoms with Crippen molar-refractivity contribution in [2.24, 2.45) is 5.92 Å². The minimum absolute atomic E-state index is 0.652. The predicted molar refractivity (Wildman–Crippen MR) is 82.4 cm³/mol. The van der Waals surface area contributed by atoms with E-state index in [0.717, 1.165) is 29.7 Å². The van der Waals surface area contributed by atoms with Gasteiger partial charge in [0.1, 0.15) is 5.75 Å². The van der Waals surface area contributed by atoms with Crippen LogP contribution in [0.5, 0.6) is 5.75 Å². The largest absolute Gasteiger partial charge is 0.491 e. The van der Waals surface area contributed by atoms with Crippen LogP contribution in [0.1, 0.15) is 63.5 Å². The Balaban J connectivity index is 0.000000637. The van der Waals surface area contributed by atoms with Crippen LogP contribution >= 0.6 is 11.6 Å². The molecule has 2 aliphatic carbocycles. The quantitative estimate of drug-likeness (QED) is 0.701. The molecule has 1 atom stereocenters. The van der Waals surface area contributed by atoms with Gasteiger partial charge in [-0.1, -0.05) is 38.4 Å². The van der Waals surface area contributed by atoms with E-state index in [1.54, 1.807) is 0 Å². The van der Waals surface area contributed by atoms with Crippen molar-refractivity contribution in [3.8, 4) is 5.75 Å². The maximum absolute atomic E-state index is 6.29. The average Bonchev–Trinajstić information content (AvgIpc) is 3.24. The Kier molecular flexibility index (Phi) is 5.15. The second-order valence-corrected chi connectivity index (χ2v) is 5.90. The Bertz CT molecular complexity index is 424. The maximum atomic E-state index is 6.29. The van der Waals surface area contributed by atoms with Gasteiger partial charge in [-0.05, 0) is 61.1 Å². The molecular formula is C17H25ClO. The molecule has 0 saturated heterocycles. The highest BCUT2D eigenvalue weighted by Gasteiger charge is 2.25. The summed E-state index contributed by atoms with van der Waals surface area (Å²) in [6.45, 7) is 7.15. The molecule has 0 spiro atoms. The maximum Gasteiger partial charge on any atom is 0.141 e. The van der Waals surface area contributed by atoms with Crippen molar-refractivity contribution in [3.05, 3.63) is 28.3 Å². The third kappa shape index (κ3) is 3.45. The molecule has 0 amide bonds. The van der Waals surface area contributed by atoms with Crippen molar-refractivity contribution >= 4 is 11.6 Å². The summed E-state index contributed by atoms with van der Waals surface area (Å²) in [5.41, 5.74) is 2.82. The van der Waals surface area contributed by atoms with Crippen LogP contribution in [0.4, 0.5) is 0 Å². The van der Waals surface area contributed by atoms with Gasteiger partial charge in [0.25, 0.3) is 0 Å². The molecule has 0 radical (unpaired) electrons. The van der Waals surface area contributed by atoms with Crippen LogP contribution in [0.2, 0.25) is 5.02 Å². The fraction of sp³-hybridized carbons (Fsp3) is 0.647. The van der Waals surface area contributed by atoms with Crippen LogP contribution in [0.25, 0.3) is 0 Å². The average molecular weight is 281 g/mol. The number of ether oxygens (including phenoxy) is 1. The van der Waals surface area contributed by atoms with E-state index >= 15 is 0 Å². The molecule has 1 aromatic rings. The number of halogens is 1. The number of hydrogen-bond donors (Lipinski definition) is 0. The van der Waals surface area contributed by atoms with E-state index in [-0.39, 0.29) is 0 Å². The number of benzene rings is 1. The van der Waals surface area contributed by atoms with E-state index in [0.29, 0.717) is 5.92 Å². The van der Waals surface area contributed by atoms with Gasteiger partial charge in [0, 0.05) is 0 Å². The van der Waals surface area contributed by atoms with Gasteiger partial charge in [0.05, 0.1) is 11.6 Å². The van der Waals surface area contributed by atoms with Gasteiger partial charge in [0.15, 0.2) is 0 Å². The van der Waals surface area contributed by atoms with Gasteiger partial charge < -0.3 is 4.74 Å². The highest BCUT2D eigenvalue weighted by Crippen LogP contribution is 2.41. The van der Waals surface area contributed by atoms with Gasteiger partial charge in [-0.25, -0.2) is 0 Å². The number of rotatable bonds is 3. The van der Waals surface area contributed by atoms with Gasteiger partial charge in [-0.15, -0.1) is 0 Å². The van der Waals surface area contributed by atoms with E-state index in [1.165, 1.54) is 36.8 Å². The number of hydrogen-bond acceptors (Lipinski definition) is 1. The summed E-state index contributed by atoms with van der Waals surface area (Å²) >= 11 is 6.29. The molecule has 19 heavy (non-hydrogen) atoms. The predicted octanol–water partition coefficient (Wildman–Crippen LogP) is 5.59. The fourth-order valence-electron chi connectivity index (χ4n) is 2.72. The smallest absolute Gasteiger partial charge is 0.141 e. The molecule has 3 rings (SSSR count). The zero-order valence-corrected chi connectivity index (χ0v) is 13.1. The fourth-order valence-corrected chi connectivity index (χ4v) is 2.95.